The van der Waals surface area contributed by atoms with Gasteiger partial charge in [0, 0.05) is 11.8 Å². The SMILES string of the molecule is N#Cc1ccc(C(=O)OCC(=O)Nc2ccc(F)c([N+](=O)[O-])c2)cc1. The van der Waals surface area contributed by atoms with Crippen molar-refractivity contribution in [1.82, 2.24) is 0 Å². The summed E-state index contributed by atoms with van der Waals surface area (Å²) in [4.78, 5) is 33.2. The van der Waals surface area contributed by atoms with E-state index in [1.807, 2.05) is 6.07 Å². The van der Waals surface area contributed by atoms with Crippen LogP contribution in [0.25, 0.3) is 0 Å². The summed E-state index contributed by atoms with van der Waals surface area (Å²) in [5.74, 6) is -2.55. The highest BCUT2D eigenvalue weighted by molar-refractivity contribution is 5.95. The standard InChI is InChI=1S/C16H10FN3O5/c17-13-6-5-12(7-14(13)20(23)24)19-15(21)9-25-16(22)11-3-1-10(8-18)2-4-11/h1-7H,9H2,(H,19,21). The number of rotatable bonds is 5. The van der Waals surface area contributed by atoms with E-state index in [1.54, 1.807) is 0 Å². The normalized spacial score (nSPS) is 9.76. The Morgan fingerprint density at radius 2 is 1.92 bits per heavy atom. The number of amides is 1. The number of nitrogens with one attached hydrogen (secondary N) is 1. The number of nitriles is 1. The summed E-state index contributed by atoms with van der Waals surface area (Å²) in [5.41, 5.74) is -0.267. The molecule has 0 fully saturated rings. The first kappa shape index (κ1) is 17.6. The minimum Gasteiger partial charge on any atom is -0.452 e. The molecule has 25 heavy (non-hydrogen) atoms. The van der Waals surface area contributed by atoms with Crippen LogP contribution in [0.3, 0.4) is 0 Å². The van der Waals surface area contributed by atoms with E-state index < -0.39 is 34.9 Å². The van der Waals surface area contributed by atoms with Crippen LogP contribution in [0.15, 0.2) is 42.5 Å². The zero-order valence-electron chi connectivity index (χ0n) is 12.6. The van der Waals surface area contributed by atoms with Gasteiger partial charge in [0.1, 0.15) is 0 Å². The van der Waals surface area contributed by atoms with Gasteiger partial charge in [-0.3, -0.25) is 14.9 Å². The van der Waals surface area contributed by atoms with E-state index in [1.165, 1.54) is 24.3 Å². The molecule has 0 bridgehead atoms. The maximum Gasteiger partial charge on any atom is 0.338 e. The van der Waals surface area contributed by atoms with Crippen molar-refractivity contribution in [2.75, 3.05) is 11.9 Å². The van der Waals surface area contributed by atoms with E-state index in [4.69, 9.17) is 10.00 Å². The molecule has 0 aliphatic carbocycles. The Balaban J connectivity index is 1.94. The average Bonchev–Trinajstić information content (AvgIpc) is 2.61. The summed E-state index contributed by atoms with van der Waals surface area (Å²) < 4.78 is 18.0. The van der Waals surface area contributed by atoms with Crippen LogP contribution in [0.1, 0.15) is 15.9 Å². The van der Waals surface area contributed by atoms with E-state index in [0.717, 1.165) is 18.2 Å². The quantitative estimate of drug-likeness (QED) is 0.505. The highest BCUT2D eigenvalue weighted by Gasteiger charge is 2.16. The summed E-state index contributed by atoms with van der Waals surface area (Å²) >= 11 is 0. The molecule has 0 aliphatic heterocycles. The van der Waals surface area contributed by atoms with Gasteiger partial charge in [-0.1, -0.05) is 0 Å². The minimum atomic E-state index is -1.03. The molecule has 0 saturated heterocycles. The first-order valence-electron chi connectivity index (χ1n) is 6.82. The number of ether oxygens (including phenoxy) is 1. The fourth-order valence-electron chi connectivity index (χ4n) is 1.82. The zero-order valence-corrected chi connectivity index (χ0v) is 12.6. The molecule has 0 aromatic heterocycles. The topological polar surface area (TPSA) is 122 Å². The van der Waals surface area contributed by atoms with E-state index in [2.05, 4.69) is 5.32 Å². The molecular weight excluding hydrogens is 333 g/mol. The second-order valence-corrected chi connectivity index (χ2v) is 4.74. The van der Waals surface area contributed by atoms with Gasteiger partial charge in [-0.05, 0) is 36.4 Å². The van der Waals surface area contributed by atoms with Crippen molar-refractivity contribution in [2.45, 2.75) is 0 Å². The number of anilines is 1. The molecule has 1 N–H and O–H groups in total. The van der Waals surface area contributed by atoms with Gasteiger partial charge in [-0.2, -0.15) is 9.65 Å². The Labute approximate surface area is 140 Å². The van der Waals surface area contributed by atoms with Gasteiger partial charge in [0.2, 0.25) is 5.82 Å². The predicted molar refractivity (Wildman–Crippen MR) is 83.1 cm³/mol. The van der Waals surface area contributed by atoms with Crippen molar-refractivity contribution >= 4 is 23.3 Å². The smallest absolute Gasteiger partial charge is 0.338 e. The lowest BCUT2D eigenvalue weighted by Crippen LogP contribution is -2.21. The largest absolute Gasteiger partial charge is 0.452 e. The number of hydrogen-bond donors (Lipinski definition) is 1. The maximum atomic E-state index is 13.2. The molecule has 1 amide bonds. The van der Waals surface area contributed by atoms with Crippen LogP contribution in [0.5, 0.6) is 0 Å². The fourth-order valence-corrected chi connectivity index (χ4v) is 1.82. The molecule has 0 aliphatic rings. The second kappa shape index (κ2) is 7.65. The number of carbonyl (C=O) groups excluding carboxylic acids is 2. The zero-order chi connectivity index (χ0) is 18.4. The van der Waals surface area contributed by atoms with Crippen LogP contribution in [0.4, 0.5) is 15.8 Å². The lowest BCUT2D eigenvalue weighted by Gasteiger charge is -2.07. The molecule has 9 heteroatoms. The van der Waals surface area contributed by atoms with Crippen LogP contribution in [0, 0.1) is 27.3 Å². The average molecular weight is 343 g/mol. The van der Waals surface area contributed by atoms with Gasteiger partial charge >= 0.3 is 11.7 Å². The minimum absolute atomic E-state index is 0.00692. The van der Waals surface area contributed by atoms with E-state index in [0.29, 0.717) is 5.56 Å². The summed E-state index contributed by atoms with van der Waals surface area (Å²) in [6, 6.07) is 10.3. The monoisotopic (exact) mass is 343 g/mol. The second-order valence-electron chi connectivity index (χ2n) is 4.74. The third-order valence-electron chi connectivity index (χ3n) is 3.01. The predicted octanol–water partition coefficient (Wildman–Crippen LogP) is 2.40. The molecule has 0 saturated carbocycles. The lowest BCUT2D eigenvalue weighted by molar-refractivity contribution is -0.387. The Hall–Kier alpha value is -3.80. The highest BCUT2D eigenvalue weighted by Crippen LogP contribution is 2.21. The Morgan fingerprint density at radius 3 is 2.52 bits per heavy atom. The Bertz CT molecular complexity index is 874. The van der Waals surface area contributed by atoms with Crippen molar-refractivity contribution < 1.29 is 23.6 Å². The molecular formula is C16H10FN3O5. The first-order valence-corrected chi connectivity index (χ1v) is 6.82. The van der Waals surface area contributed by atoms with Crippen LogP contribution in [0.2, 0.25) is 0 Å². The molecule has 0 heterocycles. The summed E-state index contributed by atoms with van der Waals surface area (Å²) in [7, 11) is 0. The first-order chi connectivity index (χ1) is 11.9. The van der Waals surface area contributed by atoms with Gasteiger partial charge in [0.25, 0.3) is 5.91 Å². The number of nitro groups is 1. The molecule has 0 unspecified atom stereocenters. The highest BCUT2D eigenvalue weighted by atomic mass is 19.1. The Kier molecular flexibility index (Phi) is 5.37. The summed E-state index contributed by atoms with van der Waals surface area (Å²) in [6.07, 6.45) is 0. The number of carbonyl (C=O) groups is 2. The molecule has 126 valence electrons. The number of benzene rings is 2. The molecule has 2 aromatic carbocycles. The molecule has 2 aromatic rings. The van der Waals surface area contributed by atoms with Gasteiger partial charge in [-0.25, -0.2) is 4.79 Å². The molecule has 0 spiro atoms. The van der Waals surface area contributed by atoms with Gasteiger partial charge in [-0.15, -0.1) is 0 Å². The van der Waals surface area contributed by atoms with Crippen LogP contribution < -0.4 is 5.32 Å². The molecule has 0 radical (unpaired) electrons. The van der Waals surface area contributed by atoms with Crippen LogP contribution in [-0.2, 0) is 9.53 Å². The van der Waals surface area contributed by atoms with Crippen molar-refractivity contribution in [3.05, 3.63) is 69.5 Å². The van der Waals surface area contributed by atoms with Gasteiger partial charge < -0.3 is 10.1 Å². The van der Waals surface area contributed by atoms with Gasteiger partial charge in [0.05, 0.1) is 22.1 Å². The lowest BCUT2D eigenvalue weighted by atomic mass is 10.1. The van der Waals surface area contributed by atoms with Crippen molar-refractivity contribution in [3.63, 3.8) is 0 Å². The number of nitro benzene ring substituents is 1. The number of halogens is 1. The number of esters is 1. The fraction of sp³-hybridized carbons (Fsp3) is 0.0625. The van der Waals surface area contributed by atoms with Crippen LogP contribution >= 0.6 is 0 Å². The van der Waals surface area contributed by atoms with E-state index in [-0.39, 0.29) is 11.3 Å². The van der Waals surface area contributed by atoms with Crippen molar-refractivity contribution in [2.24, 2.45) is 0 Å². The van der Waals surface area contributed by atoms with Crippen molar-refractivity contribution in [3.8, 4) is 6.07 Å². The molecule has 2 rings (SSSR count). The summed E-state index contributed by atoms with van der Waals surface area (Å²) in [6.45, 7) is -0.635. The molecule has 0 atom stereocenters. The van der Waals surface area contributed by atoms with Crippen LogP contribution in [-0.4, -0.2) is 23.4 Å². The Morgan fingerprint density at radius 1 is 1.24 bits per heavy atom. The maximum absolute atomic E-state index is 13.2. The molecule has 8 nitrogen and oxygen atoms in total. The third kappa shape index (κ3) is 4.59. The number of nitrogens with zero attached hydrogens (tertiary/aromatic N) is 2. The third-order valence-corrected chi connectivity index (χ3v) is 3.01. The number of hydrogen-bond acceptors (Lipinski definition) is 6. The van der Waals surface area contributed by atoms with E-state index >= 15 is 0 Å². The van der Waals surface area contributed by atoms with Crippen molar-refractivity contribution in [1.29, 1.82) is 5.26 Å². The van der Waals surface area contributed by atoms with Gasteiger partial charge in [0.15, 0.2) is 6.61 Å². The van der Waals surface area contributed by atoms with E-state index in [9.17, 15) is 24.1 Å². The summed E-state index contributed by atoms with van der Waals surface area (Å²) in [5, 5.41) is 21.6.